The summed E-state index contributed by atoms with van der Waals surface area (Å²) < 4.78 is 24.9. The summed E-state index contributed by atoms with van der Waals surface area (Å²) >= 11 is 0. The predicted molar refractivity (Wildman–Crippen MR) is 93.7 cm³/mol. The first-order valence-electron chi connectivity index (χ1n) is 7.39. The van der Waals surface area contributed by atoms with Crippen LogP contribution in [0.3, 0.4) is 0 Å². The molecule has 1 aliphatic heterocycles. The second-order valence-corrected chi connectivity index (χ2v) is 24.6. The lowest BCUT2D eigenvalue weighted by Crippen LogP contribution is -2.54. The topological polar surface area (TPSA) is 36.9 Å². The van der Waals surface area contributed by atoms with Gasteiger partial charge in [0.1, 0.15) is 0 Å². The van der Waals surface area contributed by atoms with Crippen LogP contribution in [0.1, 0.15) is 0 Å². The fraction of sp³-hybridized carbons (Fsp3) is 1.00. The Morgan fingerprint density at radius 1 is 0.400 bits per heavy atom. The normalized spacial score (nSPS) is 30.0. The van der Waals surface area contributed by atoms with Gasteiger partial charge in [-0.3, -0.25) is 0 Å². The lowest BCUT2D eigenvalue weighted by Gasteiger charge is -2.36. The fourth-order valence-corrected chi connectivity index (χ4v) is 13.8. The van der Waals surface area contributed by atoms with Crippen LogP contribution < -0.4 is 0 Å². The zero-order valence-corrected chi connectivity index (χ0v) is 18.5. The van der Waals surface area contributed by atoms with Crippen LogP contribution in [-0.2, 0) is 17.7 Å². The third-order valence-corrected chi connectivity index (χ3v) is 11.5. The van der Waals surface area contributed by atoms with E-state index in [9.17, 15) is 0 Å². The van der Waals surface area contributed by atoms with Crippen molar-refractivity contribution in [1.82, 2.24) is 0 Å². The second kappa shape index (κ2) is 6.45. The van der Waals surface area contributed by atoms with Gasteiger partial charge in [0.2, 0.25) is 33.3 Å². The van der Waals surface area contributed by atoms with E-state index in [1.165, 1.54) is 0 Å². The minimum absolute atomic E-state index is 0.766. The van der Waals surface area contributed by atoms with Gasteiger partial charge in [0.25, 0.3) is 0 Å². The van der Waals surface area contributed by atoms with Crippen molar-refractivity contribution in [1.29, 1.82) is 0 Å². The molecule has 1 aliphatic rings. The maximum Gasteiger partial charge on any atom is 0.210 e. The summed E-state index contributed by atoms with van der Waals surface area (Å²) in [4.78, 5) is 0. The van der Waals surface area contributed by atoms with E-state index in [1.54, 1.807) is 0 Å². The molecule has 1 saturated heterocycles. The Labute approximate surface area is 128 Å². The lowest BCUT2D eigenvalue weighted by molar-refractivity contribution is 0.235. The molecule has 0 radical (unpaired) electrons. The van der Waals surface area contributed by atoms with Crippen LogP contribution in [0, 0.1) is 0 Å². The van der Waals surface area contributed by atoms with Crippen molar-refractivity contribution in [2.24, 2.45) is 0 Å². The molecule has 0 bridgehead atoms. The SMILES string of the molecule is C[Si]1(C)CO[Si](C)(C)CO[Si](C)(C)CO[Si](C)(C)CO1. The average molecular weight is 353 g/mol. The van der Waals surface area contributed by atoms with Crippen molar-refractivity contribution in [3.05, 3.63) is 0 Å². The Morgan fingerprint density at radius 3 is 0.700 bits per heavy atom. The lowest BCUT2D eigenvalue weighted by atomic mass is 11.6. The molecule has 20 heavy (non-hydrogen) atoms. The third kappa shape index (κ3) is 7.12. The van der Waals surface area contributed by atoms with Gasteiger partial charge in [-0.25, -0.2) is 0 Å². The molecule has 120 valence electrons. The minimum atomic E-state index is -1.76. The third-order valence-electron chi connectivity index (χ3n) is 3.24. The molecule has 0 N–H and O–H groups in total. The van der Waals surface area contributed by atoms with Crippen molar-refractivity contribution < 1.29 is 17.7 Å². The van der Waals surface area contributed by atoms with Gasteiger partial charge in [-0.1, -0.05) is 0 Å². The molecule has 0 atom stereocenters. The van der Waals surface area contributed by atoms with Crippen molar-refractivity contribution in [2.75, 3.05) is 24.9 Å². The molecule has 0 unspecified atom stereocenters. The van der Waals surface area contributed by atoms with Crippen molar-refractivity contribution in [3.8, 4) is 0 Å². The summed E-state index contributed by atoms with van der Waals surface area (Å²) in [7, 11) is -7.03. The largest absolute Gasteiger partial charge is 0.416 e. The first kappa shape index (κ1) is 18.8. The monoisotopic (exact) mass is 352 g/mol. The Kier molecular flexibility index (Phi) is 6.05. The van der Waals surface area contributed by atoms with Crippen LogP contribution in [0.15, 0.2) is 0 Å². The van der Waals surface area contributed by atoms with Gasteiger partial charge in [0, 0.05) is 0 Å². The van der Waals surface area contributed by atoms with Gasteiger partial charge in [-0.15, -0.1) is 0 Å². The summed E-state index contributed by atoms with van der Waals surface area (Å²) in [6.45, 7) is 17.8. The molecule has 1 fully saturated rings. The molecule has 8 heteroatoms. The molecule has 0 saturated carbocycles. The van der Waals surface area contributed by atoms with Gasteiger partial charge >= 0.3 is 0 Å². The second-order valence-electron chi connectivity index (χ2n) is 8.19. The number of hydrogen-bond acceptors (Lipinski definition) is 4. The molecule has 0 aromatic heterocycles. The van der Waals surface area contributed by atoms with Crippen LogP contribution in [0.5, 0.6) is 0 Å². The molecular formula is C12H32O4Si4. The minimum Gasteiger partial charge on any atom is -0.416 e. The van der Waals surface area contributed by atoms with E-state index in [0.29, 0.717) is 0 Å². The maximum atomic E-state index is 6.23. The van der Waals surface area contributed by atoms with Crippen LogP contribution in [-0.4, -0.2) is 58.2 Å². The van der Waals surface area contributed by atoms with Crippen molar-refractivity contribution in [3.63, 3.8) is 0 Å². The predicted octanol–water partition coefficient (Wildman–Crippen LogP) is 3.04. The van der Waals surface area contributed by atoms with E-state index >= 15 is 0 Å². The highest BCUT2D eigenvalue weighted by Crippen LogP contribution is 2.19. The van der Waals surface area contributed by atoms with Crippen LogP contribution in [0.2, 0.25) is 52.4 Å². The molecule has 0 aromatic rings. The smallest absolute Gasteiger partial charge is 0.210 e. The summed E-state index contributed by atoms with van der Waals surface area (Å²) in [5, 5.41) is 0. The zero-order chi connectivity index (χ0) is 15.7. The van der Waals surface area contributed by atoms with Gasteiger partial charge < -0.3 is 17.7 Å². The molecule has 0 amide bonds. The highest BCUT2D eigenvalue weighted by atomic mass is 28.4. The Morgan fingerprint density at radius 2 is 0.550 bits per heavy atom. The van der Waals surface area contributed by atoms with E-state index in [4.69, 9.17) is 17.7 Å². The Balaban J connectivity index is 2.81. The standard InChI is InChI=1S/C12H32O4Si4/c1-17(2)9-14-19(5,6)11-16-20(7,8)12-15-18(3,4)10-13-17/h9-12H2,1-8H3. The summed E-state index contributed by atoms with van der Waals surface area (Å²) in [6, 6.07) is 0. The van der Waals surface area contributed by atoms with Crippen molar-refractivity contribution in [2.45, 2.75) is 52.4 Å². The molecular weight excluding hydrogens is 320 g/mol. The molecule has 1 rings (SSSR count). The molecule has 4 nitrogen and oxygen atoms in total. The Hall–Kier alpha value is 0.708. The maximum absolute atomic E-state index is 6.23. The number of rotatable bonds is 0. The van der Waals surface area contributed by atoms with Crippen LogP contribution in [0.25, 0.3) is 0 Å². The van der Waals surface area contributed by atoms with Gasteiger partial charge in [0.05, 0.1) is 24.9 Å². The van der Waals surface area contributed by atoms with E-state index < -0.39 is 33.3 Å². The molecule has 1 heterocycles. The van der Waals surface area contributed by atoms with Gasteiger partial charge in [-0.2, -0.15) is 0 Å². The van der Waals surface area contributed by atoms with Gasteiger partial charge in [-0.05, 0) is 52.4 Å². The summed E-state index contributed by atoms with van der Waals surface area (Å²) in [5.74, 6) is 0. The summed E-state index contributed by atoms with van der Waals surface area (Å²) in [5.41, 5.74) is 0. The summed E-state index contributed by atoms with van der Waals surface area (Å²) in [6.07, 6.45) is 3.06. The first-order valence-corrected chi connectivity index (χ1v) is 19.8. The highest BCUT2D eigenvalue weighted by Gasteiger charge is 2.37. The van der Waals surface area contributed by atoms with E-state index in [-0.39, 0.29) is 0 Å². The highest BCUT2D eigenvalue weighted by molar-refractivity contribution is 6.79. The zero-order valence-electron chi connectivity index (χ0n) is 14.5. The fourth-order valence-electron chi connectivity index (χ4n) is 1.64. The molecule has 0 aromatic carbocycles. The van der Waals surface area contributed by atoms with Crippen LogP contribution in [0.4, 0.5) is 0 Å². The Bertz CT molecular complexity index is 243. The average Bonchev–Trinajstić information content (AvgIpc) is 2.30. The van der Waals surface area contributed by atoms with E-state index in [1.807, 2.05) is 0 Å². The van der Waals surface area contributed by atoms with Crippen LogP contribution >= 0.6 is 0 Å². The van der Waals surface area contributed by atoms with E-state index in [0.717, 1.165) is 24.9 Å². The van der Waals surface area contributed by atoms with E-state index in [2.05, 4.69) is 52.4 Å². The quantitative estimate of drug-likeness (QED) is 0.628. The van der Waals surface area contributed by atoms with Crippen molar-refractivity contribution >= 4 is 33.3 Å². The first-order chi connectivity index (χ1) is 8.83. The number of hydrogen-bond donors (Lipinski definition) is 0. The molecule has 0 spiro atoms. The molecule has 0 aliphatic carbocycles. The van der Waals surface area contributed by atoms with Gasteiger partial charge in [0.15, 0.2) is 0 Å².